The van der Waals surface area contributed by atoms with Crippen LogP contribution in [0.1, 0.15) is 65.4 Å². The molecule has 6 amide bonds. The summed E-state index contributed by atoms with van der Waals surface area (Å²) in [4.78, 5) is 114. The van der Waals surface area contributed by atoms with E-state index >= 15 is 0 Å². The fourth-order valence-corrected chi connectivity index (χ4v) is 5.22. The van der Waals surface area contributed by atoms with E-state index in [0.29, 0.717) is 12.0 Å². The van der Waals surface area contributed by atoms with Crippen molar-refractivity contribution in [2.45, 2.75) is 109 Å². The fraction of sp³-hybridized carbons (Fsp3) is 0.583. The molecule has 8 atom stereocenters. The van der Waals surface area contributed by atoms with Crippen molar-refractivity contribution in [1.29, 1.82) is 0 Å². The van der Waals surface area contributed by atoms with E-state index < -0.39 is 128 Å². The molecule has 0 aliphatic carbocycles. The van der Waals surface area contributed by atoms with Gasteiger partial charge in [0.15, 0.2) is 0 Å². The van der Waals surface area contributed by atoms with Crippen LogP contribution in [0.2, 0.25) is 0 Å². The van der Waals surface area contributed by atoms with Crippen LogP contribution in [-0.2, 0) is 49.6 Å². The number of nitrogens with two attached hydrogens (primary N) is 1. The van der Waals surface area contributed by atoms with Gasteiger partial charge in [0.25, 0.3) is 0 Å². The molecule has 58 heavy (non-hydrogen) atoms. The monoisotopic (exact) mass is 825 g/mol. The van der Waals surface area contributed by atoms with Gasteiger partial charge in [-0.2, -0.15) is 0 Å². The topological polar surface area (TPSA) is 373 Å². The predicted octanol–water partition coefficient (Wildman–Crippen LogP) is -3.33. The maximum atomic E-state index is 13.5. The van der Waals surface area contributed by atoms with Gasteiger partial charge in [-0.1, -0.05) is 46.2 Å². The molecule has 0 heterocycles. The lowest BCUT2D eigenvalue weighted by molar-refractivity contribution is -0.143. The van der Waals surface area contributed by atoms with Crippen molar-refractivity contribution in [3.63, 3.8) is 0 Å². The minimum atomic E-state index is -1.92. The molecule has 0 aromatic heterocycles. The van der Waals surface area contributed by atoms with E-state index in [1.165, 1.54) is 24.3 Å². The molecule has 1 aromatic carbocycles. The molecule has 22 nitrogen and oxygen atoms in total. The molecule has 0 fully saturated rings. The number of amides is 6. The van der Waals surface area contributed by atoms with E-state index in [1.807, 2.05) is 0 Å². The SMILES string of the molecule is CC[C@H](C)[C@H](N)C(=O)N[C@@H](CCC(=O)O)C(=O)N[C@@H](CO)C(=O)N[C@@H](CC(C)C)C(=O)N[C@@H](CC(=O)O)C(=O)N[C@@H](CO)C(=O)N[C@@H](Cc1ccc(O)cc1)C(=O)O. The Balaban J connectivity index is 3.17. The Bertz CT molecular complexity index is 1610. The maximum Gasteiger partial charge on any atom is 0.326 e. The number of aromatic hydroxyl groups is 1. The first kappa shape index (κ1) is 50.1. The van der Waals surface area contributed by atoms with Crippen molar-refractivity contribution >= 4 is 53.4 Å². The summed E-state index contributed by atoms with van der Waals surface area (Å²) in [6.45, 7) is 4.65. The van der Waals surface area contributed by atoms with Gasteiger partial charge in [-0.05, 0) is 42.4 Å². The number of phenolic OH excluding ortho intramolecular Hbond substituents is 1. The van der Waals surface area contributed by atoms with Gasteiger partial charge in [0.2, 0.25) is 35.4 Å². The standard InChI is InChI=1S/C36H55N7O15/c1-5-18(4)29(37)35(56)38-21(10-11-27(47)48)30(51)42-25(15-44)33(54)39-22(12-17(2)3)31(52)40-23(14-28(49)50)32(53)43-26(16-45)34(55)41-24(36(57)58)13-19-6-8-20(46)9-7-19/h6-9,17-18,21-26,29,44-46H,5,10-16,37H2,1-4H3,(H,38,56)(H,39,54)(H,40,52)(H,41,55)(H,42,51)(H,43,53)(H,47,48)(H,49,50)(H,57,58)/t18-,21-,22-,23-,24-,25-,26-,29-/m0/s1. The Morgan fingerprint density at radius 3 is 1.48 bits per heavy atom. The number of carbonyl (C=O) groups is 9. The molecular weight excluding hydrogens is 770 g/mol. The van der Waals surface area contributed by atoms with Crippen molar-refractivity contribution in [3.8, 4) is 5.75 Å². The number of aliphatic hydroxyl groups excluding tert-OH is 2. The van der Waals surface area contributed by atoms with Crippen LogP contribution >= 0.6 is 0 Å². The predicted molar refractivity (Wildman–Crippen MR) is 201 cm³/mol. The van der Waals surface area contributed by atoms with E-state index in [-0.39, 0.29) is 30.4 Å². The summed E-state index contributed by atoms with van der Waals surface area (Å²) < 4.78 is 0. The van der Waals surface area contributed by atoms with Crippen LogP contribution in [-0.4, -0.2) is 139 Å². The van der Waals surface area contributed by atoms with Crippen molar-refractivity contribution < 1.29 is 73.8 Å². The number of hydrogen-bond acceptors (Lipinski definition) is 13. The van der Waals surface area contributed by atoms with Gasteiger partial charge in [0.1, 0.15) is 42.0 Å². The molecule has 0 unspecified atom stereocenters. The fourth-order valence-electron chi connectivity index (χ4n) is 5.22. The first-order chi connectivity index (χ1) is 27.1. The zero-order chi connectivity index (χ0) is 44.3. The number of carbonyl (C=O) groups excluding carboxylic acids is 6. The number of phenols is 1. The molecule has 0 saturated carbocycles. The van der Waals surface area contributed by atoms with Crippen LogP contribution < -0.4 is 37.6 Å². The van der Waals surface area contributed by atoms with E-state index in [2.05, 4.69) is 31.9 Å². The van der Waals surface area contributed by atoms with Gasteiger partial charge in [-0.3, -0.25) is 38.4 Å². The van der Waals surface area contributed by atoms with Crippen molar-refractivity contribution in [2.24, 2.45) is 17.6 Å². The maximum absolute atomic E-state index is 13.5. The molecule has 324 valence electrons. The molecular formula is C36H55N7O15. The molecule has 0 radical (unpaired) electrons. The highest BCUT2D eigenvalue weighted by molar-refractivity contribution is 5.98. The van der Waals surface area contributed by atoms with Crippen LogP contribution in [0.15, 0.2) is 24.3 Å². The normalized spacial score (nSPS) is 15.2. The molecule has 1 rings (SSSR count). The average Bonchev–Trinajstić information content (AvgIpc) is 3.15. The zero-order valence-electron chi connectivity index (χ0n) is 32.6. The number of benzene rings is 1. The lowest BCUT2D eigenvalue weighted by atomic mass is 9.98. The van der Waals surface area contributed by atoms with E-state index in [1.54, 1.807) is 27.7 Å². The second-order valence-corrected chi connectivity index (χ2v) is 14.0. The molecule has 0 aliphatic heterocycles. The molecule has 1 aromatic rings. The highest BCUT2D eigenvalue weighted by atomic mass is 16.4. The van der Waals surface area contributed by atoms with Crippen molar-refractivity contribution in [3.05, 3.63) is 29.8 Å². The third-order valence-electron chi connectivity index (χ3n) is 8.81. The smallest absolute Gasteiger partial charge is 0.326 e. The second-order valence-electron chi connectivity index (χ2n) is 14.0. The summed E-state index contributed by atoms with van der Waals surface area (Å²) in [6.07, 6.45) is -1.91. The van der Waals surface area contributed by atoms with Gasteiger partial charge < -0.3 is 68.3 Å². The minimum Gasteiger partial charge on any atom is -0.508 e. The average molecular weight is 826 g/mol. The molecule has 0 saturated heterocycles. The molecule has 0 aliphatic rings. The Labute approximate surface area is 333 Å². The number of carboxylic acids is 3. The Hall–Kier alpha value is -5.87. The molecule has 0 bridgehead atoms. The first-order valence-electron chi connectivity index (χ1n) is 18.4. The largest absolute Gasteiger partial charge is 0.508 e. The quantitative estimate of drug-likeness (QED) is 0.0434. The van der Waals surface area contributed by atoms with Crippen LogP contribution in [0.3, 0.4) is 0 Å². The number of aliphatic hydroxyl groups is 2. The summed E-state index contributed by atoms with van der Waals surface area (Å²) in [5, 5.41) is 70.9. The van der Waals surface area contributed by atoms with Crippen LogP contribution in [0.4, 0.5) is 0 Å². The summed E-state index contributed by atoms with van der Waals surface area (Å²) in [5.74, 6) is -11.6. The summed E-state index contributed by atoms with van der Waals surface area (Å²) in [6, 6.07) is -5.73. The number of carboxylic acid groups (broad SMARTS) is 3. The molecule has 0 spiro atoms. The van der Waals surface area contributed by atoms with E-state index in [0.717, 1.165) is 0 Å². The highest BCUT2D eigenvalue weighted by Crippen LogP contribution is 2.12. The summed E-state index contributed by atoms with van der Waals surface area (Å²) in [7, 11) is 0. The summed E-state index contributed by atoms with van der Waals surface area (Å²) in [5.41, 5.74) is 6.34. The highest BCUT2D eigenvalue weighted by Gasteiger charge is 2.35. The lowest BCUT2D eigenvalue weighted by Crippen LogP contribution is -2.61. The van der Waals surface area contributed by atoms with Gasteiger partial charge in [0, 0.05) is 12.8 Å². The van der Waals surface area contributed by atoms with Crippen LogP contribution in [0, 0.1) is 11.8 Å². The third-order valence-corrected chi connectivity index (χ3v) is 8.81. The van der Waals surface area contributed by atoms with Crippen LogP contribution in [0.5, 0.6) is 5.75 Å². The molecule has 22 heteroatoms. The third kappa shape index (κ3) is 17.5. The number of nitrogens with one attached hydrogen (secondary N) is 6. The number of hydrogen-bond donors (Lipinski definition) is 13. The van der Waals surface area contributed by atoms with Gasteiger partial charge in [0.05, 0.1) is 25.7 Å². The van der Waals surface area contributed by atoms with Crippen molar-refractivity contribution in [2.75, 3.05) is 13.2 Å². The molecule has 14 N–H and O–H groups in total. The Morgan fingerprint density at radius 1 is 0.603 bits per heavy atom. The Kier molecular flexibility index (Phi) is 21.4. The second kappa shape index (κ2) is 24.7. The van der Waals surface area contributed by atoms with Gasteiger partial charge in [-0.25, -0.2) is 4.79 Å². The number of rotatable bonds is 26. The minimum absolute atomic E-state index is 0.0897. The van der Waals surface area contributed by atoms with E-state index in [4.69, 9.17) is 10.8 Å². The lowest BCUT2D eigenvalue weighted by Gasteiger charge is -2.27. The zero-order valence-corrected chi connectivity index (χ0v) is 32.6. The Morgan fingerprint density at radius 2 is 1.03 bits per heavy atom. The number of aliphatic carboxylic acids is 3. The summed E-state index contributed by atoms with van der Waals surface area (Å²) >= 11 is 0. The van der Waals surface area contributed by atoms with Crippen LogP contribution in [0.25, 0.3) is 0 Å². The van der Waals surface area contributed by atoms with E-state index in [9.17, 15) is 68.7 Å². The van der Waals surface area contributed by atoms with Crippen molar-refractivity contribution in [1.82, 2.24) is 31.9 Å². The van der Waals surface area contributed by atoms with Gasteiger partial charge in [-0.15, -0.1) is 0 Å². The van der Waals surface area contributed by atoms with Gasteiger partial charge >= 0.3 is 17.9 Å². The first-order valence-corrected chi connectivity index (χ1v) is 18.4.